The number of carboxylic acid groups (broad SMARTS) is 1. The van der Waals surface area contributed by atoms with Gasteiger partial charge in [-0.2, -0.15) is 0 Å². The van der Waals surface area contributed by atoms with Crippen LogP contribution in [0.3, 0.4) is 0 Å². The van der Waals surface area contributed by atoms with Crippen molar-refractivity contribution < 1.29 is 28.2 Å². The molecule has 2 heterocycles. The molecule has 10 heteroatoms. The summed E-state index contributed by atoms with van der Waals surface area (Å²) in [5, 5.41) is 13.7. The second-order valence-corrected chi connectivity index (χ2v) is 7.10. The van der Waals surface area contributed by atoms with Crippen molar-refractivity contribution >= 4 is 17.6 Å². The topological polar surface area (TPSA) is 105 Å². The van der Waals surface area contributed by atoms with Crippen LogP contribution in [0.4, 0.5) is 13.6 Å². The Bertz CT molecular complexity index is 1100. The number of rotatable bonds is 8. The van der Waals surface area contributed by atoms with Gasteiger partial charge in [-0.25, -0.2) is 18.6 Å². The van der Waals surface area contributed by atoms with Gasteiger partial charge in [-0.15, -0.1) is 0 Å². The Morgan fingerprint density at radius 2 is 1.84 bits per heavy atom. The lowest BCUT2D eigenvalue weighted by atomic mass is 10.2. The quantitative estimate of drug-likeness (QED) is 0.507. The number of imidazole rings is 1. The van der Waals surface area contributed by atoms with Crippen molar-refractivity contribution in [2.75, 3.05) is 13.1 Å². The molecule has 8 nitrogen and oxygen atoms in total. The van der Waals surface area contributed by atoms with Crippen molar-refractivity contribution in [3.63, 3.8) is 0 Å². The Balaban J connectivity index is 1.77. The van der Waals surface area contributed by atoms with Crippen LogP contribution in [0.5, 0.6) is 5.75 Å². The molecule has 3 aromatic rings. The summed E-state index contributed by atoms with van der Waals surface area (Å²) in [5.41, 5.74) is 0.870. The minimum atomic E-state index is -1.13. The van der Waals surface area contributed by atoms with Crippen LogP contribution in [-0.2, 0) is 6.61 Å². The average Bonchev–Trinajstić information content (AvgIpc) is 3.06. The Hall–Kier alpha value is -3.69. The van der Waals surface area contributed by atoms with Crippen LogP contribution in [0.2, 0.25) is 0 Å². The van der Waals surface area contributed by atoms with Gasteiger partial charge in [-0.3, -0.25) is 9.20 Å². The number of benzene rings is 1. The summed E-state index contributed by atoms with van der Waals surface area (Å²) in [6, 6.07) is 6.81. The monoisotopic (exact) mass is 432 g/mol. The van der Waals surface area contributed by atoms with Crippen molar-refractivity contribution in [1.82, 2.24) is 20.0 Å². The first-order valence-electron chi connectivity index (χ1n) is 9.56. The molecule has 3 rings (SSSR count). The minimum Gasteiger partial charge on any atom is -0.485 e. The molecule has 0 aliphatic heterocycles. The molecule has 0 spiro atoms. The number of halogens is 2. The Labute approximate surface area is 176 Å². The van der Waals surface area contributed by atoms with E-state index in [0.717, 1.165) is 12.1 Å². The zero-order valence-electron chi connectivity index (χ0n) is 17.0. The SMILES string of the molecule is Cc1nc2c(OCc3c(F)cccc3F)cccn2c1C(=O)NCC(C)CNC(=O)O. The van der Waals surface area contributed by atoms with Crippen LogP contribution in [-0.4, -0.2) is 39.6 Å². The molecular weight excluding hydrogens is 410 g/mol. The van der Waals surface area contributed by atoms with Crippen molar-refractivity contribution in [3.8, 4) is 5.75 Å². The van der Waals surface area contributed by atoms with Gasteiger partial charge in [0.1, 0.15) is 23.9 Å². The molecule has 0 fully saturated rings. The van der Waals surface area contributed by atoms with E-state index >= 15 is 0 Å². The molecule has 2 aromatic heterocycles. The highest BCUT2D eigenvalue weighted by Crippen LogP contribution is 2.24. The van der Waals surface area contributed by atoms with Crippen LogP contribution in [0, 0.1) is 24.5 Å². The molecule has 1 unspecified atom stereocenters. The fourth-order valence-electron chi connectivity index (χ4n) is 3.05. The predicted molar refractivity (Wildman–Crippen MR) is 108 cm³/mol. The zero-order valence-corrected chi connectivity index (χ0v) is 17.0. The molecule has 0 saturated heterocycles. The average molecular weight is 432 g/mol. The highest BCUT2D eigenvalue weighted by molar-refractivity contribution is 5.95. The lowest BCUT2D eigenvalue weighted by molar-refractivity contribution is 0.0941. The van der Waals surface area contributed by atoms with Crippen LogP contribution in [0.15, 0.2) is 36.5 Å². The highest BCUT2D eigenvalue weighted by atomic mass is 19.1. The largest absolute Gasteiger partial charge is 0.485 e. The smallest absolute Gasteiger partial charge is 0.404 e. The molecule has 164 valence electrons. The third kappa shape index (κ3) is 5.08. The number of aryl methyl sites for hydroxylation is 1. The van der Waals surface area contributed by atoms with Gasteiger partial charge in [0, 0.05) is 19.3 Å². The van der Waals surface area contributed by atoms with Crippen molar-refractivity contribution in [1.29, 1.82) is 0 Å². The summed E-state index contributed by atoms with van der Waals surface area (Å²) in [5.74, 6) is -1.65. The summed E-state index contributed by atoms with van der Waals surface area (Å²) in [4.78, 5) is 27.7. The third-order valence-corrected chi connectivity index (χ3v) is 4.65. The van der Waals surface area contributed by atoms with Crippen molar-refractivity contribution in [3.05, 3.63) is 65.1 Å². The number of ether oxygens (including phenoxy) is 1. The second-order valence-electron chi connectivity index (χ2n) is 7.10. The lowest BCUT2D eigenvalue weighted by Gasteiger charge is -2.13. The molecule has 0 bridgehead atoms. The van der Waals surface area contributed by atoms with E-state index in [1.807, 2.05) is 0 Å². The van der Waals surface area contributed by atoms with E-state index in [-0.39, 0.29) is 48.5 Å². The van der Waals surface area contributed by atoms with Gasteiger partial charge in [0.15, 0.2) is 11.4 Å². The first-order chi connectivity index (χ1) is 14.8. The summed E-state index contributed by atoms with van der Waals surface area (Å²) in [6.45, 7) is 3.59. The number of carbonyl (C=O) groups excluding carboxylic acids is 1. The number of aromatic nitrogens is 2. The number of hydrogen-bond donors (Lipinski definition) is 3. The van der Waals surface area contributed by atoms with E-state index in [4.69, 9.17) is 9.84 Å². The normalized spacial score (nSPS) is 11.9. The van der Waals surface area contributed by atoms with Gasteiger partial charge in [-0.1, -0.05) is 13.0 Å². The van der Waals surface area contributed by atoms with Gasteiger partial charge >= 0.3 is 6.09 Å². The van der Waals surface area contributed by atoms with Crippen LogP contribution < -0.4 is 15.4 Å². The van der Waals surface area contributed by atoms with E-state index in [2.05, 4.69) is 15.6 Å². The maximum atomic E-state index is 13.9. The number of carbonyl (C=O) groups is 2. The van der Waals surface area contributed by atoms with Gasteiger partial charge in [0.2, 0.25) is 0 Å². The zero-order chi connectivity index (χ0) is 22.5. The van der Waals surface area contributed by atoms with Gasteiger partial charge in [0.05, 0.1) is 11.3 Å². The van der Waals surface area contributed by atoms with Crippen LogP contribution in [0.25, 0.3) is 5.65 Å². The maximum Gasteiger partial charge on any atom is 0.404 e. The van der Waals surface area contributed by atoms with Gasteiger partial charge in [-0.05, 0) is 37.1 Å². The number of amides is 2. The van der Waals surface area contributed by atoms with Crippen molar-refractivity contribution in [2.45, 2.75) is 20.5 Å². The Morgan fingerprint density at radius 3 is 2.52 bits per heavy atom. The standard InChI is InChI=1S/C21H22F2N4O4/c1-12(10-25-21(29)30)9-24-20(28)18-13(2)26-19-17(7-4-8-27(18)19)31-11-14-15(22)5-3-6-16(14)23/h3-8,12,25H,9-11H2,1-2H3,(H,24,28)(H,29,30). The molecule has 1 atom stereocenters. The lowest BCUT2D eigenvalue weighted by Crippen LogP contribution is -2.35. The molecule has 2 amide bonds. The number of nitrogens with zero attached hydrogens (tertiary/aromatic N) is 2. The second kappa shape index (κ2) is 9.41. The summed E-state index contributed by atoms with van der Waals surface area (Å²) < 4.78 is 34.9. The number of fused-ring (bicyclic) bond motifs is 1. The number of hydrogen-bond acceptors (Lipinski definition) is 4. The first kappa shape index (κ1) is 22.0. The van der Waals surface area contributed by atoms with E-state index in [1.54, 1.807) is 32.2 Å². The van der Waals surface area contributed by atoms with Crippen LogP contribution in [0.1, 0.15) is 28.7 Å². The third-order valence-electron chi connectivity index (χ3n) is 4.65. The van der Waals surface area contributed by atoms with Crippen LogP contribution >= 0.6 is 0 Å². The number of pyridine rings is 1. The maximum absolute atomic E-state index is 13.9. The van der Waals surface area contributed by atoms with E-state index in [1.165, 1.54) is 10.5 Å². The Morgan fingerprint density at radius 1 is 1.16 bits per heavy atom. The van der Waals surface area contributed by atoms with Crippen molar-refractivity contribution in [2.24, 2.45) is 5.92 Å². The van der Waals surface area contributed by atoms with E-state index in [0.29, 0.717) is 11.3 Å². The highest BCUT2D eigenvalue weighted by Gasteiger charge is 2.20. The Kier molecular flexibility index (Phi) is 6.68. The molecule has 0 saturated carbocycles. The molecule has 1 aromatic carbocycles. The first-order valence-corrected chi connectivity index (χ1v) is 9.56. The predicted octanol–water partition coefficient (Wildman–Crippen LogP) is 3.13. The summed E-state index contributed by atoms with van der Waals surface area (Å²) >= 11 is 0. The van der Waals surface area contributed by atoms with Gasteiger partial charge < -0.3 is 20.5 Å². The molecular formula is C21H22F2N4O4. The molecule has 0 aliphatic carbocycles. The molecule has 0 aliphatic rings. The van der Waals surface area contributed by atoms with E-state index < -0.39 is 17.7 Å². The van der Waals surface area contributed by atoms with Gasteiger partial charge in [0.25, 0.3) is 5.91 Å². The fourth-order valence-corrected chi connectivity index (χ4v) is 3.05. The molecule has 0 radical (unpaired) electrons. The summed E-state index contributed by atoms with van der Waals surface area (Å²) in [6.07, 6.45) is 0.509. The van der Waals surface area contributed by atoms with E-state index in [9.17, 15) is 18.4 Å². The minimum absolute atomic E-state index is 0.117. The number of nitrogens with one attached hydrogen (secondary N) is 2. The molecule has 3 N–H and O–H groups in total. The molecule has 31 heavy (non-hydrogen) atoms. The fraction of sp³-hybridized carbons (Fsp3) is 0.286. The summed E-state index contributed by atoms with van der Waals surface area (Å²) in [7, 11) is 0.